The average Bonchev–Trinajstić information content (AvgIpc) is 3.40. The second kappa shape index (κ2) is 12.9. The van der Waals surface area contributed by atoms with Gasteiger partial charge in [-0.3, -0.25) is 15.3 Å². The van der Waals surface area contributed by atoms with Crippen molar-refractivity contribution < 1.29 is 22.7 Å². The number of halogens is 3. The average molecular weight is 585 g/mol. The third kappa shape index (κ3) is 8.60. The van der Waals surface area contributed by atoms with Gasteiger partial charge < -0.3 is 15.4 Å². The number of aryl methyl sites for hydroxylation is 1. The largest absolute Gasteiger partial charge is 0.573 e. The molecule has 8 nitrogen and oxygen atoms in total. The van der Waals surface area contributed by atoms with Crippen LogP contribution < -0.4 is 36.2 Å². The summed E-state index contributed by atoms with van der Waals surface area (Å²) in [5.41, 5.74) is 8.73. The lowest BCUT2D eigenvalue weighted by atomic mass is 9.99. The Bertz CT molecular complexity index is 1410. The van der Waals surface area contributed by atoms with E-state index >= 15 is 0 Å². The molecule has 1 aliphatic heterocycles. The first-order chi connectivity index (χ1) is 19.5. The van der Waals surface area contributed by atoms with Crippen LogP contribution in [-0.2, 0) is 6.42 Å². The Labute approximate surface area is 242 Å². The monoisotopic (exact) mass is 584 g/mol. The number of urea groups is 1. The van der Waals surface area contributed by atoms with Crippen LogP contribution in [-0.4, -0.2) is 24.1 Å². The molecule has 0 aromatic heterocycles. The van der Waals surface area contributed by atoms with Crippen LogP contribution in [0.2, 0.25) is 0 Å². The van der Waals surface area contributed by atoms with E-state index in [2.05, 4.69) is 46.1 Å². The van der Waals surface area contributed by atoms with Crippen molar-refractivity contribution in [3.8, 4) is 5.75 Å². The number of hydrogen-bond donors (Lipinski definition) is 4. The quantitative estimate of drug-likeness (QED) is 0.226. The predicted octanol–water partition coefficient (Wildman–Crippen LogP) is 6.47. The van der Waals surface area contributed by atoms with Crippen LogP contribution in [0, 0.1) is 6.92 Å². The number of nitrogens with one attached hydrogen (secondary N) is 4. The van der Waals surface area contributed by atoms with Gasteiger partial charge in [0.1, 0.15) is 5.75 Å². The summed E-state index contributed by atoms with van der Waals surface area (Å²) in [6.07, 6.45) is -0.621. The van der Waals surface area contributed by atoms with Crippen LogP contribution in [0.3, 0.4) is 0 Å². The van der Waals surface area contributed by atoms with Gasteiger partial charge in [0.25, 0.3) is 0 Å². The van der Waals surface area contributed by atoms with Crippen LogP contribution in [0.1, 0.15) is 36.5 Å². The number of carbonyl (C=O) groups is 1. The summed E-state index contributed by atoms with van der Waals surface area (Å²) in [4.78, 5) is 12.4. The molecule has 3 aromatic carbocycles. The summed E-state index contributed by atoms with van der Waals surface area (Å²) in [5.74, 6) is 0.00768. The summed E-state index contributed by atoms with van der Waals surface area (Å²) >= 11 is 5.33. The van der Waals surface area contributed by atoms with Crippen molar-refractivity contribution in [2.75, 3.05) is 21.9 Å². The van der Waals surface area contributed by atoms with Crippen molar-refractivity contribution in [1.82, 2.24) is 16.2 Å². The van der Waals surface area contributed by atoms with E-state index in [4.69, 9.17) is 12.2 Å². The summed E-state index contributed by atoms with van der Waals surface area (Å²) in [7, 11) is 0. The van der Waals surface area contributed by atoms with Crippen molar-refractivity contribution in [1.29, 1.82) is 0 Å². The Morgan fingerprint density at radius 2 is 1.71 bits per heavy atom. The number of ether oxygens (including phenoxy) is 1. The van der Waals surface area contributed by atoms with Gasteiger partial charge in [0.15, 0.2) is 5.11 Å². The molecule has 41 heavy (non-hydrogen) atoms. The van der Waals surface area contributed by atoms with E-state index in [1.54, 1.807) is 22.4 Å². The minimum Gasteiger partial charge on any atom is -0.406 e. The topological polar surface area (TPSA) is 80.9 Å². The SMILES string of the molecule is Cc1ccc(NC(=S)NC(=O)NCCc2cccc(N3C=CN(c4ccc(OC(F)(F)F)cc4)N3)c2)c(C(C)C)c1. The summed E-state index contributed by atoms with van der Waals surface area (Å²) < 4.78 is 41.1. The Kier molecular flexibility index (Phi) is 9.35. The first kappa shape index (κ1) is 29.7. The lowest BCUT2D eigenvalue weighted by molar-refractivity contribution is -0.274. The van der Waals surface area contributed by atoms with Crippen molar-refractivity contribution in [2.24, 2.45) is 0 Å². The number of nitrogens with zero attached hydrogens (tertiary/aromatic N) is 2. The Morgan fingerprint density at radius 1 is 1.00 bits per heavy atom. The molecular weight excluding hydrogens is 553 g/mol. The summed E-state index contributed by atoms with van der Waals surface area (Å²) in [6, 6.07) is 18.9. The first-order valence-corrected chi connectivity index (χ1v) is 13.3. The molecule has 0 aliphatic carbocycles. The first-order valence-electron chi connectivity index (χ1n) is 12.9. The van der Waals surface area contributed by atoms with E-state index in [1.807, 2.05) is 43.3 Å². The fourth-order valence-electron chi connectivity index (χ4n) is 4.17. The second-order valence-electron chi connectivity index (χ2n) is 9.68. The molecule has 0 fully saturated rings. The van der Waals surface area contributed by atoms with Crippen LogP contribution in [0.4, 0.5) is 35.0 Å². The van der Waals surface area contributed by atoms with E-state index in [9.17, 15) is 18.0 Å². The summed E-state index contributed by atoms with van der Waals surface area (Å²) in [5, 5.41) is 12.2. The normalized spacial score (nSPS) is 13.0. The van der Waals surface area contributed by atoms with Gasteiger partial charge in [-0.05, 0) is 85.1 Å². The highest BCUT2D eigenvalue weighted by molar-refractivity contribution is 7.80. The molecule has 4 N–H and O–H groups in total. The minimum absolute atomic E-state index is 0.217. The molecule has 0 atom stereocenters. The van der Waals surface area contributed by atoms with E-state index < -0.39 is 12.4 Å². The van der Waals surface area contributed by atoms with Gasteiger partial charge in [-0.15, -0.1) is 18.7 Å². The molecular formula is C29H31F3N6O2S. The third-order valence-electron chi connectivity index (χ3n) is 6.12. The number of rotatable bonds is 8. The smallest absolute Gasteiger partial charge is 0.406 e. The van der Waals surface area contributed by atoms with Crippen molar-refractivity contribution >= 4 is 40.4 Å². The molecule has 0 unspecified atom stereocenters. The molecule has 0 radical (unpaired) electrons. The number of hydrogen-bond acceptors (Lipinski definition) is 6. The van der Waals surface area contributed by atoms with Crippen molar-refractivity contribution in [3.05, 3.63) is 95.8 Å². The summed E-state index contributed by atoms with van der Waals surface area (Å²) in [6.45, 7) is 6.62. The van der Waals surface area contributed by atoms with Crippen molar-refractivity contribution in [2.45, 2.75) is 39.5 Å². The lowest BCUT2D eigenvalue weighted by Crippen LogP contribution is -2.42. The van der Waals surface area contributed by atoms with Gasteiger partial charge in [-0.1, -0.05) is 43.7 Å². The molecule has 0 saturated carbocycles. The van der Waals surface area contributed by atoms with Crippen LogP contribution >= 0.6 is 12.2 Å². The number of anilines is 3. The number of benzene rings is 3. The van der Waals surface area contributed by atoms with Gasteiger partial charge in [-0.2, -0.15) is 0 Å². The highest BCUT2D eigenvalue weighted by Gasteiger charge is 2.31. The Hall–Kier alpha value is -4.29. The maximum absolute atomic E-state index is 12.4. The van der Waals surface area contributed by atoms with E-state index in [1.165, 1.54) is 24.3 Å². The predicted molar refractivity (Wildman–Crippen MR) is 159 cm³/mol. The van der Waals surface area contributed by atoms with E-state index in [0.717, 1.165) is 28.1 Å². The van der Waals surface area contributed by atoms with Gasteiger partial charge in [0, 0.05) is 24.6 Å². The standard InChI is InChI=1S/C29H31F3N6O2S/c1-19(2)25-17-20(3)7-12-26(25)34-28(41)35-27(39)33-14-13-21-5-4-6-23(18-21)38-16-15-37(36-38)22-8-10-24(11-9-22)40-29(30,31)32/h4-12,15-19,36H,13-14H2,1-3H3,(H3,33,34,35,39,41). The van der Waals surface area contributed by atoms with Crippen LogP contribution in [0.15, 0.2) is 79.1 Å². The molecule has 4 rings (SSSR count). The van der Waals surface area contributed by atoms with Gasteiger partial charge in [0.05, 0.1) is 11.4 Å². The number of thiocarbonyl (C=S) groups is 1. The van der Waals surface area contributed by atoms with Crippen LogP contribution in [0.5, 0.6) is 5.75 Å². The molecule has 0 saturated heterocycles. The van der Waals surface area contributed by atoms with Gasteiger partial charge in [-0.25, -0.2) is 4.79 Å². The second-order valence-corrected chi connectivity index (χ2v) is 10.1. The lowest BCUT2D eigenvalue weighted by Gasteiger charge is -2.23. The number of hydrazine groups is 2. The highest BCUT2D eigenvalue weighted by Crippen LogP contribution is 2.27. The highest BCUT2D eigenvalue weighted by atomic mass is 32.1. The van der Waals surface area contributed by atoms with Crippen molar-refractivity contribution in [3.63, 3.8) is 0 Å². The number of alkyl halides is 3. The molecule has 0 spiro atoms. The number of amides is 2. The van der Waals surface area contributed by atoms with E-state index in [0.29, 0.717) is 24.6 Å². The minimum atomic E-state index is -4.74. The van der Waals surface area contributed by atoms with Crippen LogP contribution in [0.25, 0.3) is 0 Å². The van der Waals surface area contributed by atoms with E-state index in [-0.39, 0.29) is 10.9 Å². The van der Waals surface area contributed by atoms with Gasteiger partial charge in [0.2, 0.25) is 0 Å². The zero-order valence-electron chi connectivity index (χ0n) is 22.8. The fourth-order valence-corrected chi connectivity index (χ4v) is 4.37. The Balaban J connectivity index is 1.24. The molecule has 0 bridgehead atoms. The molecule has 3 aromatic rings. The fraction of sp³-hybridized carbons (Fsp3) is 0.241. The maximum Gasteiger partial charge on any atom is 0.573 e. The molecule has 1 aliphatic rings. The molecule has 1 heterocycles. The van der Waals surface area contributed by atoms with Gasteiger partial charge >= 0.3 is 12.4 Å². The Morgan fingerprint density at radius 3 is 2.39 bits per heavy atom. The molecule has 2 amide bonds. The number of carbonyl (C=O) groups excluding carboxylic acids is 1. The molecule has 12 heteroatoms. The zero-order chi connectivity index (χ0) is 29.6. The third-order valence-corrected chi connectivity index (χ3v) is 6.33. The molecule has 216 valence electrons. The zero-order valence-corrected chi connectivity index (χ0v) is 23.6. The maximum atomic E-state index is 12.4.